The lowest BCUT2D eigenvalue weighted by Gasteiger charge is -2.03. The SMILES string of the molecule is NC1=c2c(n(C=P)c3ccccc23)=CCC1. The molecule has 0 aliphatic heterocycles. The number of nitrogens with two attached hydrogens (primary N) is 1. The van der Waals surface area contributed by atoms with E-state index < -0.39 is 0 Å². The first-order chi connectivity index (χ1) is 7.83. The summed E-state index contributed by atoms with van der Waals surface area (Å²) in [7, 11) is 3.48. The maximum absolute atomic E-state index is 6.13. The van der Waals surface area contributed by atoms with Crippen molar-refractivity contribution in [2.75, 3.05) is 0 Å². The third-order valence-electron chi connectivity index (χ3n) is 3.15. The van der Waals surface area contributed by atoms with E-state index in [0.717, 1.165) is 18.5 Å². The van der Waals surface area contributed by atoms with Crippen LogP contribution in [-0.4, -0.2) is 10.5 Å². The fourth-order valence-corrected chi connectivity index (χ4v) is 2.73. The topological polar surface area (TPSA) is 30.9 Å². The first-order valence-corrected chi connectivity index (χ1v) is 5.99. The Kier molecular flexibility index (Phi) is 2.12. The maximum Gasteiger partial charge on any atom is 0.0538 e. The van der Waals surface area contributed by atoms with E-state index in [9.17, 15) is 0 Å². The number of aromatic nitrogens is 1. The zero-order valence-electron chi connectivity index (χ0n) is 8.90. The molecule has 16 heavy (non-hydrogen) atoms. The average molecular weight is 228 g/mol. The Hall–Kier alpha value is -1.53. The molecule has 0 fully saturated rings. The van der Waals surface area contributed by atoms with Crippen LogP contribution in [0.3, 0.4) is 0 Å². The third kappa shape index (κ3) is 1.17. The highest BCUT2D eigenvalue weighted by atomic mass is 31.0. The Balaban J connectivity index is 2.70. The van der Waals surface area contributed by atoms with Crippen molar-refractivity contribution >= 4 is 37.5 Å². The molecule has 2 aromatic rings. The molecule has 0 atom stereocenters. The lowest BCUT2D eigenvalue weighted by atomic mass is 10.1. The van der Waals surface area contributed by atoms with Gasteiger partial charge in [-0.3, -0.25) is 0 Å². The summed E-state index contributed by atoms with van der Waals surface area (Å²) >= 11 is 0. The highest BCUT2D eigenvalue weighted by Gasteiger charge is 2.10. The number of hydrogen-bond donors (Lipinski definition) is 1. The normalized spacial score (nSPS) is 14.6. The van der Waals surface area contributed by atoms with E-state index in [0.29, 0.717) is 0 Å². The van der Waals surface area contributed by atoms with E-state index in [-0.39, 0.29) is 0 Å². The van der Waals surface area contributed by atoms with Crippen LogP contribution in [0.15, 0.2) is 24.3 Å². The summed E-state index contributed by atoms with van der Waals surface area (Å²) in [6.45, 7) is 0. The molecule has 1 aromatic heterocycles. The van der Waals surface area contributed by atoms with E-state index >= 15 is 0 Å². The summed E-state index contributed by atoms with van der Waals surface area (Å²) in [5.41, 5.74) is 8.33. The fraction of sp³-hybridized carbons (Fsp3) is 0.154. The molecule has 0 saturated carbocycles. The molecule has 3 rings (SSSR count). The molecule has 2 nitrogen and oxygen atoms in total. The molecule has 3 heteroatoms. The molecule has 0 bridgehead atoms. The number of benzene rings is 1. The summed E-state index contributed by atoms with van der Waals surface area (Å²) in [6, 6.07) is 8.36. The number of rotatable bonds is 1. The van der Waals surface area contributed by atoms with E-state index in [2.05, 4.69) is 43.8 Å². The van der Waals surface area contributed by atoms with E-state index in [1.807, 2.05) is 5.92 Å². The van der Waals surface area contributed by atoms with Crippen molar-refractivity contribution in [1.82, 2.24) is 4.57 Å². The van der Waals surface area contributed by atoms with Crippen LogP contribution in [0.1, 0.15) is 12.8 Å². The van der Waals surface area contributed by atoms with Gasteiger partial charge in [0, 0.05) is 22.2 Å². The number of hydrogen-bond acceptors (Lipinski definition) is 1. The molecule has 0 unspecified atom stereocenters. The van der Waals surface area contributed by atoms with Gasteiger partial charge in [-0.25, -0.2) is 0 Å². The van der Waals surface area contributed by atoms with Crippen LogP contribution in [0.4, 0.5) is 0 Å². The minimum Gasteiger partial charge on any atom is -0.401 e. The molecular formula is C13H13N2P. The molecular weight excluding hydrogens is 215 g/mol. The minimum absolute atomic E-state index is 0.961. The van der Waals surface area contributed by atoms with Crippen LogP contribution in [0.2, 0.25) is 0 Å². The van der Waals surface area contributed by atoms with Gasteiger partial charge >= 0.3 is 0 Å². The van der Waals surface area contributed by atoms with Gasteiger partial charge in [0.05, 0.1) is 10.9 Å². The lowest BCUT2D eigenvalue weighted by molar-refractivity contribution is 1.03. The predicted molar refractivity (Wildman–Crippen MR) is 72.3 cm³/mol. The summed E-state index contributed by atoms with van der Waals surface area (Å²) in [4.78, 5) is 0. The van der Waals surface area contributed by atoms with Gasteiger partial charge in [-0.1, -0.05) is 24.3 Å². The van der Waals surface area contributed by atoms with Crippen LogP contribution >= 0.6 is 8.86 Å². The van der Waals surface area contributed by atoms with Gasteiger partial charge in [-0.05, 0) is 18.9 Å². The largest absolute Gasteiger partial charge is 0.401 e. The van der Waals surface area contributed by atoms with Crippen LogP contribution in [0.5, 0.6) is 0 Å². The minimum atomic E-state index is 0.961. The van der Waals surface area contributed by atoms with Gasteiger partial charge in [0.1, 0.15) is 0 Å². The molecule has 0 radical (unpaired) electrons. The van der Waals surface area contributed by atoms with Crippen molar-refractivity contribution in [1.29, 1.82) is 0 Å². The van der Waals surface area contributed by atoms with E-state index in [1.54, 1.807) is 0 Å². The van der Waals surface area contributed by atoms with Gasteiger partial charge in [-0.2, -0.15) is 0 Å². The van der Waals surface area contributed by atoms with Crippen LogP contribution in [0.25, 0.3) is 22.7 Å². The highest BCUT2D eigenvalue weighted by molar-refractivity contribution is 7.18. The van der Waals surface area contributed by atoms with Crippen LogP contribution in [0, 0.1) is 0 Å². The van der Waals surface area contributed by atoms with Crippen molar-refractivity contribution in [3.05, 3.63) is 34.8 Å². The van der Waals surface area contributed by atoms with Gasteiger partial charge in [0.25, 0.3) is 0 Å². The van der Waals surface area contributed by atoms with Gasteiger partial charge < -0.3 is 10.3 Å². The van der Waals surface area contributed by atoms with Crippen LogP contribution in [-0.2, 0) is 0 Å². The van der Waals surface area contributed by atoms with Crippen molar-refractivity contribution < 1.29 is 0 Å². The quantitative estimate of drug-likeness (QED) is 0.726. The molecule has 80 valence electrons. The number of para-hydroxylation sites is 1. The van der Waals surface area contributed by atoms with Crippen LogP contribution < -0.4 is 16.3 Å². The molecule has 1 aromatic carbocycles. The smallest absolute Gasteiger partial charge is 0.0538 e. The molecule has 0 spiro atoms. The Labute approximate surface area is 95.9 Å². The zero-order valence-corrected chi connectivity index (χ0v) is 9.90. The molecule has 0 amide bonds. The molecule has 1 aliphatic carbocycles. The molecule has 2 N–H and O–H groups in total. The summed E-state index contributed by atoms with van der Waals surface area (Å²) in [5, 5.41) is 3.65. The lowest BCUT2D eigenvalue weighted by Crippen LogP contribution is -2.34. The molecule has 1 aliphatic rings. The molecule has 1 heterocycles. The Morgan fingerprint density at radius 2 is 2.12 bits per heavy atom. The Bertz CT molecular complexity index is 695. The number of nitrogens with zero attached hydrogens (tertiary/aromatic N) is 1. The fourth-order valence-electron chi connectivity index (χ4n) is 2.45. The summed E-state index contributed by atoms with van der Waals surface area (Å²) in [6.07, 6.45) is 4.24. The Morgan fingerprint density at radius 3 is 2.94 bits per heavy atom. The average Bonchev–Trinajstić information content (AvgIpc) is 2.64. The van der Waals surface area contributed by atoms with E-state index in [1.165, 1.54) is 21.5 Å². The van der Waals surface area contributed by atoms with Crippen molar-refractivity contribution in [3.63, 3.8) is 0 Å². The highest BCUT2D eigenvalue weighted by Crippen LogP contribution is 2.11. The first kappa shape index (κ1) is 9.68. The first-order valence-electron chi connectivity index (χ1n) is 5.41. The summed E-state index contributed by atoms with van der Waals surface area (Å²) in [5.74, 6) is 1.91. The molecule has 0 saturated heterocycles. The number of fused-ring (bicyclic) bond motifs is 3. The second-order valence-electron chi connectivity index (χ2n) is 4.04. The second kappa shape index (κ2) is 3.50. The summed E-state index contributed by atoms with van der Waals surface area (Å²) < 4.78 is 2.15. The Morgan fingerprint density at radius 1 is 1.31 bits per heavy atom. The predicted octanol–water partition coefficient (Wildman–Crippen LogP) is 1.03. The van der Waals surface area contributed by atoms with Gasteiger partial charge in [0.2, 0.25) is 0 Å². The zero-order chi connectivity index (χ0) is 11.1. The van der Waals surface area contributed by atoms with Gasteiger partial charge in [-0.15, -0.1) is 8.86 Å². The monoisotopic (exact) mass is 228 g/mol. The standard InChI is InChI=1S/C13H13N2P/c14-10-5-3-7-12-13(10)9-4-1-2-6-11(9)15(12)8-16/h1-2,4,6-8,16H,3,5,14H2. The second-order valence-corrected chi connectivity index (χ2v) is 4.30. The maximum atomic E-state index is 6.13. The van der Waals surface area contributed by atoms with Crippen molar-refractivity contribution in [2.24, 2.45) is 5.73 Å². The van der Waals surface area contributed by atoms with Crippen molar-refractivity contribution in [2.45, 2.75) is 12.8 Å². The van der Waals surface area contributed by atoms with Gasteiger partial charge in [0.15, 0.2) is 0 Å². The van der Waals surface area contributed by atoms with Crippen molar-refractivity contribution in [3.8, 4) is 0 Å². The van der Waals surface area contributed by atoms with E-state index in [4.69, 9.17) is 5.73 Å². The third-order valence-corrected chi connectivity index (χ3v) is 3.41.